The van der Waals surface area contributed by atoms with E-state index in [0.29, 0.717) is 0 Å². The van der Waals surface area contributed by atoms with Crippen LogP contribution in [0, 0.1) is 0 Å². The summed E-state index contributed by atoms with van der Waals surface area (Å²) in [6.45, 7) is 4.49. The summed E-state index contributed by atoms with van der Waals surface area (Å²) in [7, 11) is 0. The Morgan fingerprint density at radius 3 is 1.95 bits per heavy atom. The van der Waals surface area contributed by atoms with Gasteiger partial charge in [-0.3, -0.25) is 0 Å². The SMILES string of the molecule is CCCCCCCCCCCCC(N)c1ccc(CC)s1. The van der Waals surface area contributed by atoms with Gasteiger partial charge in [0.1, 0.15) is 0 Å². The van der Waals surface area contributed by atoms with Crippen molar-refractivity contribution < 1.29 is 0 Å². The van der Waals surface area contributed by atoms with Crippen LogP contribution in [0.5, 0.6) is 0 Å². The molecule has 1 unspecified atom stereocenters. The van der Waals surface area contributed by atoms with E-state index >= 15 is 0 Å². The first-order valence-electron chi connectivity index (χ1n) is 9.12. The zero-order chi connectivity index (χ0) is 15.3. The normalized spacial score (nSPS) is 12.7. The third kappa shape index (κ3) is 8.63. The lowest BCUT2D eigenvalue weighted by Crippen LogP contribution is -2.08. The van der Waals surface area contributed by atoms with Crippen LogP contribution in [0.4, 0.5) is 0 Å². The smallest absolute Gasteiger partial charge is 0.0389 e. The quantitative estimate of drug-likeness (QED) is 0.407. The first kappa shape index (κ1) is 18.7. The van der Waals surface area contributed by atoms with Gasteiger partial charge in [-0.1, -0.05) is 78.1 Å². The van der Waals surface area contributed by atoms with Gasteiger partial charge in [0.05, 0.1) is 0 Å². The molecule has 1 rings (SSSR count). The van der Waals surface area contributed by atoms with Crippen LogP contribution < -0.4 is 5.73 Å². The summed E-state index contributed by atoms with van der Waals surface area (Å²) >= 11 is 1.90. The molecule has 2 heteroatoms. The molecule has 122 valence electrons. The maximum Gasteiger partial charge on any atom is 0.0389 e. The van der Waals surface area contributed by atoms with Crippen LogP contribution in [-0.4, -0.2) is 0 Å². The van der Waals surface area contributed by atoms with Crippen molar-refractivity contribution in [3.05, 3.63) is 21.9 Å². The minimum absolute atomic E-state index is 0.268. The maximum atomic E-state index is 6.28. The molecule has 0 saturated carbocycles. The van der Waals surface area contributed by atoms with Crippen LogP contribution in [0.25, 0.3) is 0 Å². The third-order valence-corrected chi connectivity index (χ3v) is 5.63. The van der Waals surface area contributed by atoms with Gasteiger partial charge in [0.25, 0.3) is 0 Å². The molecular formula is C19H35NS. The Morgan fingerprint density at radius 1 is 0.857 bits per heavy atom. The van der Waals surface area contributed by atoms with E-state index in [1.807, 2.05) is 11.3 Å². The predicted octanol–water partition coefficient (Wildman–Crippen LogP) is 6.62. The van der Waals surface area contributed by atoms with E-state index in [4.69, 9.17) is 5.73 Å². The molecule has 1 aromatic heterocycles. The molecule has 1 nitrogen and oxygen atoms in total. The van der Waals surface area contributed by atoms with Crippen LogP contribution >= 0.6 is 11.3 Å². The first-order valence-corrected chi connectivity index (χ1v) is 9.93. The summed E-state index contributed by atoms with van der Waals surface area (Å²) in [5, 5.41) is 0. The highest BCUT2D eigenvalue weighted by Gasteiger charge is 2.08. The van der Waals surface area contributed by atoms with Crippen molar-refractivity contribution in [2.24, 2.45) is 5.73 Å². The molecule has 1 aromatic rings. The van der Waals surface area contributed by atoms with Crippen molar-refractivity contribution in [1.82, 2.24) is 0 Å². The highest BCUT2D eigenvalue weighted by Crippen LogP contribution is 2.25. The summed E-state index contributed by atoms with van der Waals surface area (Å²) in [4.78, 5) is 2.84. The maximum absolute atomic E-state index is 6.28. The van der Waals surface area contributed by atoms with Crippen molar-refractivity contribution in [3.63, 3.8) is 0 Å². The summed E-state index contributed by atoms with van der Waals surface area (Å²) in [5.41, 5.74) is 6.28. The molecule has 2 N–H and O–H groups in total. The molecule has 1 heterocycles. The van der Waals surface area contributed by atoms with E-state index in [2.05, 4.69) is 26.0 Å². The van der Waals surface area contributed by atoms with E-state index in [-0.39, 0.29) is 6.04 Å². The Bertz CT molecular complexity index is 345. The zero-order valence-electron chi connectivity index (χ0n) is 14.2. The van der Waals surface area contributed by atoms with Crippen molar-refractivity contribution in [2.75, 3.05) is 0 Å². The molecule has 0 aliphatic rings. The van der Waals surface area contributed by atoms with Crippen molar-refractivity contribution in [2.45, 2.75) is 96.9 Å². The van der Waals surface area contributed by atoms with Gasteiger partial charge in [0, 0.05) is 15.8 Å². The monoisotopic (exact) mass is 309 g/mol. The first-order chi connectivity index (χ1) is 10.3. The van der Waals surface area contributed by atoms with Crippen molar-refractivity contribution in [3.8, 4) is 0 Å². The lowest BCUT2D eigenvalue weighted by Gasteiger charge is -2.09. The van der Waals surface area contributed by atoms with Crippen LogP contribution in [0.15, 0.2) is 12.1 Å². The molecule has 0 radical (unpaired) electrons. The van der Waals surface area contributed by atoms with Crippen molar-refractivity contribution >= 4 is 11.3 Å². The van der Waals surface area contributed by atoms with Crippen LogP contribution in [0.1, 0.15) is 100 Å². The van der Waals surface area contributed by atoms with Crippen LogP contribution in [0.3, 0.4) is 0 Å². The Kier molecular flexibility index (Phi) is 10.9. The molecule has 0 aliphatic heterocycles. The summed E-state index contributed by atoms with van der Waals surface area (Å²) < 4.78 is 0. The molecule has 21 heavy (non-hydrogen) atoms. The Balaban J connectivity index is 1.94. The number of hydrogen-bond donors (Lipinski definition) is 1. The second-order valence-corrected chi connectivity index (χ2v) is 7.43. The third-order valence-electron chi connectivity index (χ3n) is 4.27. The molecular weight excluding hydrogens is 274 g/mol. The second kappa shape index (κ2) is 12.2. The number of thiophene rings is 1. The molecule has 0 amide bonds. The molecule has 0 bridgehead atoms. The van der Waals surface area contributed by atoms with E-state index in [1.54, 1.807) is 0 Å². The number of hydrogen-bond acceptors (Lipinski definition) is 2. The highest BCUT2D eigenvalue weighted by molar-refractivity contribution is 7.12. The van der Waals surface area contributed by atoms with Gasteiger partial charge in [-0.2, -0.15) is 0 Å². The molecule has 0 fully saturated rings. The lowest BCUT2D eigenvalue weighted by molar-refractivity contribution is 0.531. The lowest BCUT2D eigenvalue weighted by atomic mass is 10.0. The van der Waals surface area contributed by atoms with Gasteiger partial charge in [-0.05, 0) is 25.0 Å². The van der Waals surface area contributed by atoms with E-state index in [0.717, 1.165) is 12.8 Å². The van der Waals surface area contributed by atoms with Crippen molar-refractivity contribution in [1.29, 1.82) is 0 Å². The molecule has 0 aromatic carbocycles. The van der Waals surface area contributed by atoms with E-state index < -0.39 is 0 Å². The fourth-order valence-electron chi connectivity index (χ4n) is 2.78. The van der Waals surface area contributed by atoms with E-state index in [9.17, 15) is 0 Å². The average molecular weight is 310 g/mol. The van der Waals surface area contributed by atoms with Gasteiger partial charge in [0.2, 0.25) is 0 Å². The van der Waals surface area contributed by atoms with Gasteiger partial charge >= 0.3 is 0 Å². The number of unbranched alkanes of at least 4 members (excludes halogenated alkanes) is 9. The standard InChI is InChI=1S/C19H35NS/c1-3-5-6-7-8-9-10-11-12-13-14-18(20)19-16-15-17(4-2)21-19/h15-16,18H,3-14,20H2,1-2H3. The minimum atomic E-state index is 0.268. The Morgan fingerprint density at radius 2 is 1.43 bits per heavy atom. The fraction of sp³-hybridized carbons (Fsp3) is 0.789. The number of rotatable bonds is 13. The Labute approximate surface area is 136 Å². The van der Waals surface area contributed by atoms with Crippen LogP contribution in [-0.2, 0) is 6.42 Å². The van der Waals surface area contributed by atoms with Gasteiger partial charge in [0.15, 0.2) is 0 Å². The molecule has 0 aliphatic carbocycles. The minimum Gasteiger partial charge on any atom is -0.323 e. The molecule has 0 spiro atoms. The second-order valence-electron chi connectivity index (χ2n) is 6.23. The molecule has 0 saturated heterocycles. The van der Waals surface area contributed by atoms with E-state index in [1.165, 1.54) is 74.0 Å². The summed E-state index contributed by atoms with van der Waals surface area (Å²) in [5.74, 6) is 0. The largest absolute Gasteiger partial charge is 0.323 e. The van der Waals surface area contributed by atoms with Gasteiger partial charge in [-0.15, -0.1) is 11.3 Å². The van der Waals surface area contributed by atoms with Gasteiger partial charge in [-0.25, -0.2) is 0 Å². The predicted molar refractivity (Wildman–Crippen MR) is 97.1 cm³/mol. The molecule has 1 atom stereocenters. The highest BCUT2D eigenvalue weighted by atomic mass is 32.1. The zero-order valence-corrected chi connectivity index (χ0v) is 15.0. The summed E-state index contributed by atoms with van der Waals surface area (Å²) in [6.07, 6.45) is 16.3. The van der Waals surface area contributed by atoms with Gasteiger partial charge < -0.3 is 5.73 Å². The fourth-order valence-corrected chi connectivity index (χ4v) is 3.77. The number of aryl methyl sites for hydroxylation is 1. The van der Waals surface area contributed by atoms with Crippen LogP contribution in [0.2, 0.25) is 0 Å². The Hall–Kier alpha value is -0.340. The topological polar surface area (TPSA) is 26.0 Å². The summed E-state index contributed by atoms with van der Waals surface area (Å²) in [6, 6.07) is 4.73. The average Bonchev–Trinajstić information content (AvgIpc) is 2.98. The number of nitrogens with two attached hydrogens (primary N) is 1.